The van der Waals surface area contributed by atoms with E-state index in [0.717, 1.165) is 31.1 Å². The number of sulfonamides is 1. The number of carbonyl (C=O) groups excluding carboxylic acids is 1. The van der Waals surface area contributed by atoms with Crippen LogP contribution in [0.15, 0.2) is 45.9 Å². The number of carbonyl (C=O) groups is 1. The van der Waals surface area contributed by atoms with Crippen molar-refractivity contribution in [2.24, 2.45) is 5.92 Å². The molecule has 28 heavy (non-hydrogen) atoms. The predicted octanol–water partition coefficient (Wildman–Crippen LogP) is 2.35. The van der Waals surface area contributed by atoms with Gasteiger partial charge < -0.3 is 9.73 Å². The second kappa shape index (κ2) is 8.89. The average molecular weight is 406 g/mol. The number of nitrogens with zero attached hydrogens (tertiary/aromatic N) is 1. The number of nitrogens with one attached hydrogen (secondary N) is 2. The quantitative estimate of drug-likeness (QED) is 0.738. The SMILES string of the molecule is CNS(=O)(=O)c1ccc(C(=O)NCc2cccc(CN3CCC(C)CC3)c2)o1. The van der Waals surface area contributed by atoms with Gasteiger partial charge in [0.1, 0.15) is 0 Å². The van der Waals surface area contributed by atoms with Crippen LogP contribution < -0.4 is 10.0 Å². The molecule has 0 radical (unpaired) electrons. The van der Waals surface area contributed by atoms with Crippen molar-refractivity contribution in [3.8, 4) is 0 Å². The third-order valence-electron chi connectivity index (χ3n) is 5.07. The fourth-order valence-electron chi connectivity index (χ4n) is 3.27. The van der Waals surface area contributed by atoms with E-state index < -0.39 is 15.9 Å². The van der Waals surface area contributed by atoms with Crippen LogP contribution in [0.1, 0.15) is 41.4 Å². The van der Waals surface area contributed by atoms with Crippen molar-refractivity contribution in [1.29, 1.82) is 0 Å². The topological polar surface area (TPSA) is 91.6 Å². The van der Waals surface area contributed by atoms with Crippen LogP contribution in [0.2, 0.25) is 0 Å². The van der Waals surface area contributed by atoms with E-state index in [2.05, 4.69) is 34.0 Å². The minimum atomic E-state index is -3.70. The average Bonchev–Trinajstić information content (AvgIpc) is 3.19. The lowest BCUT2D eigenvalue weighted by atomic mass is 9.98. The van der Waals surface area contributed by atoms with Gasteiger partial charge >= 0.3 is 0 Å². The number of piperidine rings is 1. The van der Waals surface area contributed by atoms with E-state index in [1.54, 1.807) is 0 Å². The molecule has 1 saturated heterocycles. The maximum absolute atomic E-state index is 12.3. The minimum Gasteiger partial charge on any atom is -0.438 e. The number of benzene rings is 1. The zero-order chi connectivity index (χ0) is 20.1. The molecule has 1 fully saturated rings. The van der Waals surface area contributed by atoms with Crippen LogP contribution in [-0.4, -0.2) is 39.4 Å². The molecule has 2 heterocycles. The van der Waals surface area contributed by atoms with E-state index in [1.807, 2.05) is 12.1 Å². The Bertz CT molecular complexity index is 915. The van der Waals surface area contributed by atoms with E-state index in [9.17, 15) is 13.2 Å². The zero-order valence-corrected chi connectivity index (χ0v) is 17.1. The molecular formula is C20H27N3O4S. The second-order valence-corrected chi connectivity index (χ2v) is 9.11. The highest BCUT2D eigenvalue weighted by Gasteiger charge is 2.19. The third-order valence-corrected chi connectivity index (χ3v) is 6.35. The van der Waals surface area contributed by atoms with Gasteiger partial charge in [0.2, 0.25) is 5.09 Å². The summed E-state index contributed by atoms with van der Waals surface area (Å²) in [6.45, 7) is 5.81. The predicted molar refractivity (Wildman–Crippen MR) is 106 cm³/mol. The molecule has 152 valence electrons. The molecule has 3 rings (SSSR count). The van der Waals surface area contributed by atoms with Gasteiger partial charge in [-0.3, -0.25) is 9.69 Å². The highest BCUT2D eigenvalue weighted by molar-refractivity contribution is 7.89. The lowest BCUT2D eigenvalue weighted by Gasteiger charge is -2.30. The first-order chi connectivity index (χ1) is 13.4. The van der Waals surface area contributed by atoms with Crippen LogP contribution in [0.25, 0.3) is 0 Å². The number of rotatable bonds is 7. The first-order valence-electron chi connectivity index (χ1n) is 9.49. The molecule has 8 heteroatoms. The molecule has 7 nitrogen and oxygen atoms in total. The summed E-state index contributed by atoms with van der Waals surface area (Å²) in [7, 11) is -2.42. The fourth-order valence-corrected chi connectivity index (χ4v) is 3.92. The monoisotopic (exact) mass is 405 g/mol. The molecule has 0 spiro atoms. The number of likely N-dealkylation sites (tertiary alicyclic amines) is 1. The lowest BCUT2D eigenvalue weighted by Crippen LogP contribution is -2.32. The van der Waals surface area contributed by atoms with Crippen LogP contribution in [0, 0.1) is 5.92 Å². The van der Waals surface area contributed by atoms with Gasteiger partial charge in [0, 0.05) is 13.1 Å². The van der Waals surface area contributed by atoms with Crippen molar-refractivity contribution < 1.29 is 17.6 Å². The number of amides is 1. The van der Waals surface area contributed by atoms with E-state index in [0.29, 0.717) is 6.54 Å². The first kappa shape index (κ1) is 20.6. The van der Waals surface area contributed by atoms with Crippen molar-refractivity contribution in [2.75, 3.05) is 20.1 Å². The number of furan rings is 1. The van der Waals surface area contributed by atoms with Crippen molar-refractivity contribution >= 4 is 15.9 Å². The number of hydrogen-bond donors (Lipinski definition) is 2. The Hall–Kier alpha value is -2.16. The standard InChI is InChI=1S/C20H27N3O4S/c1-15-8-10-23(11-9-15)14-17-5-3-4-16(12-17)13-22-20(24)18-6-7-19(27-18)28(25,26)21-2/h3-7,12,15,21H,8-11,13-14H2,1-2H3,(H,22,24). The van der Waals surface area contributed by atoms with Crippen LogP contribution in [0.3, 0.4) is 0 Å². The second-order valence-electron chi connectivity index (χ2n) is 7.29. The van der Waals surface area contributed by atoms with Crippen molar-refractivity contribution in [1.82, 2.24) is 14.9 Å². The molecule has 2 N–H and O–H groups in total. The summed E-state index contributed by atoms with van der Waals surface area (Å²) in [6, 6.07) is 10.8. The molecule has 1 amide bonds. The van der Waals surface area contributed by atoms with Gasteiger partial charge in [0.15, 0.2) is 5.76 Å². The van der Waals surface area contributed by atoms with Crippen molar-refractivity contribution in [3.63, 3.8) is 0 Å². The Labute approximate surface area is 166 Å². The first-order valence-corrected chi connectivity index (χ1v) is 11.0. The van der Waals surface area contributed by atoms with Gasteiger partial charge in [0.25, 0.3) is 15.9 Å². The Morgan fingerprint density at radius 3 is 2.61 bits per heavy atom. The van der Waals surface area contributed by atoms with Gasteiger partial charge in [-0.15, -0.1) is 0 Å². The maximum atomic E-state index is 12.3. The highest BCUT2D eigenvalue weighted by atomic mass is 32.2. The summed E-state index contributed by atoms with van der Waals surface area (Å²) < 4.78 is 30.7. The molecule has 0 unspecified atom stereocenters. The van der Waals surface area contributed by atoms with Crippen LogP contribution in [0.5, 0.6) is 0 Å². The molecule has 1 aliphatic rings. The third kappa shape index (κ3) is 5.21. The van der Waals surface area contributed by atoms with Crippen molar-refractivity contribution in [2.45, 2.75) is 37.9 Å². The molecular weight excluding hydrogens is 378 g/mol. The molecule has 1 aliphatic heterocycles. The van der Waals surface area contributed by atoms with Gasteiger partial charge in [-0.05, 0) is 62.2 Å². The summed E-state index contributed by atoms with van der Waals surface area (Å²) >= 11 is 0. The van der Waals surface area contributed by atoms with Crippen molar-refractivity contribution in [3.05, 3.63) is 53.3 Å². The molecule has 1 aromatic carbocycles. The maximum Gasteiger partial charge on any atom is 0.287 e. The van der Waals surface area contributed by atoms with Gasteiger partial charge in [-0.2, -0.15) is 0 Å². The molecule has 0 bridgehead atoms. The highest BCUT2D eigenvalue weighted by Crippen LogP contribution is 2.19. The van der Waals surface area contributed by atoms with Gasteiger partial charge in [0.05, 0.1) is 0 Å². The summed E-state index contributed by atoms with van der Waals surface area (Å²) in [4.78, 5) is 14.7. The lowest BCUT2D eigenvalue weighted by molar-refractivity contribution is 0.0917. The van der Waals surface area contributed by atoms with E-state index in [4.69, 9.17) is 4.42 Å². The molecule has 0 saturated carbocycles. The minimum absolute atomic E-state index is 0.0348. The molecule has 1 aromatic heterocycles. The molecule has 2 aromatic rings. The van der Waals surface area contributed by atoms with Crippen LogP contribution in [-0.2, 0) is 23.1 Å². The molecule has 0 aliphatic carbocycles. The fraction of sp³-hybridized carbons (Fsp3) is 0.450. The van der Waals surface area contributed by atoms with E-state index in [-0.39, 0.29) is 10.9 Å². The van der Waals surface area contributed by atoms with E-state index >= 15 is 0 Å². The van der Waals surface area contributed by atoms with E-state index in [1.165, 1.54) is 37.6 Å². The Morgan fingerprint density at radius 2 is 1.89 bits per heavy atom. The number of hydrogen-bond acceptors (Lipinski definition) is 5. The summed E-state index contributed by atoms with van der Waals surface area (Å²) in [6.07, 6.45) is 2.48. The normalized spacial score (nSPS) is 16.2. The molecule has 0 atom stereocenters. The van der Waals surface area contributed by atoms with Gasteiger partial charge in [-0.1, -0.05) is 31.2 Å². The summed E-state index contributed by atoms with van der Waals surface area (Å²) in [5, 5.41) is 2.49. The smallest absolute Gasteiger partial charge is 0.287 e. The van der Waals surface area contributed by atoms with Crippen LogP contribution in [0.4, 0.5) is 0 Å². The van der Waals surface area contributed by atoms with Gasteiger partial charge in [-0.25, -0.2) is 13.1 Å². The van der Waals surface area contributed by atoms with Crippen LogP contribution >= 0.6 is 0 Å². The Morgan fingerprint density at radius 1 is 1.18 bits per heavy atom. The summed E-state index contributed by atoms with van der Waals surface area (Å²) in [5.74, 6) is 0.323. The summed E-state index contributed by atoms with van der Waals surface area (Å²) in [5.41, 5.74) is 2.22. The largest absolute Gasteiger partial charge is 0.438 e. The zero-order valence-electron chi connectivity index (χ0n) is 16.3. The Balaban J connectivity index is 1.56. The Kier molecular flexibility index (Phi) is 6.53.